The van der Waals surface area contributed by atoms with Crippen LogP contribution >= 0.6 is 0 Å². The summed E-state index contributed by atoms with van der Waals surface area (Å²) in [6, 6.07) is 0. The van der Waals surface area contributed by atoms with Crippen LogP contribution in [0.5, 0.6) is 0 Å². The highest BCUT2D eigenvalue weighted by molar-refractivity contribution is 5.92. The monoisotopic (exact) mass is 553 g/mol. The van der Waals surface area contributed by atoms with Crippen LogP contribution < -0.4 is 5.32 Å². The molecule has 3 aliphatic rings. The predicted molar refractivity (Wildman–Crippen MR) is 146 cm³/mol. The summed E-state index contributed by atoms with van der Waals surface area (Å²) in [5, 5.41) is 10.7. The van der Waals surface area contributed by atoms with Gasteiger partial charge in [-0.2, -0.15) is 0 Å². The summed E-state index contributed by atoms with van der Waals surface area (Å²) in [6.45, 7) is 15.8. The number of alkyl carbamates (subject to hydrolysis) is 1. The lowest BCUT2D eigenvalue weighted by atomic mass is 10.2. The fourth-order valence-corrected chi connectivity index (χ4v) is 5.04. The lowest BCUT2D eigenvalue weighted by molar-refractivity contribution is -0.140. The third-order valence-electron chi connectivity index (χ3n) is 7.17. The molecular formula is C26H47N7O6. The number of nitrogens with zero attached hydrogens (tertiary/aromatic N) is 5. The SMILES string of the molecule is COC(=O)CCCN1CCN(CC2CN(CCCN3CCN(C(=N)NC(=O)OC(C)(C)C)CC3)C(=O)O2)CC1. The number of methoxy groups -OCH3 is 1. The zero-order chi connectivity index (χ0) is 28.4. The molecule has 3 aliphatic heterocycles. The molecule has 1 unspecified atom stereocenters. The largest absolute Gasteiger partial charge is 0.469 e. The number of hydrogen-bond donors (Lipinski definition) is 2. The van der Waals surface area contributed by atoms with Crippen molar-refractivity contribution in [2.45, 2.75) is 51.7 Å². The van der Waals surface area contributed by atoms with Crippen LogP contribution in [0.1, 0.15) is 40.0 Å². The van der Waals surface area contributed by atoms with E-state index in [9.17, 15) is 14.4 Å². The van der Waals surface area contributed by atoms with Gasteiger partial charge in [0.2, 0.25) is 5.96 Å². The minimum atomic E-state index is -0.611. The van der Waals surface area contributed by atoms with E-state index in [-0.39, 0.29) is 24.1 Å². The maximum Gasteiger partial charge on any atom is 0.414 e. The van der Waals surface area contributed by atoms with Crippen molar-refractivity contribution in [2.24, 2.45) is 0 Å². The van der Waals surface area contributed by atoms with E-state index >= 15 is 0 Å². The minimum absolute atomic E-state index is 0.0646. The molecule has 13 heteroatoms. The molecule has 3 heterocycles. The van der Waals surface area contributed by atoms with E-state index in [1.807, 2.05) is 9.80 Å². The van der Waals surface area contributed by atoms with Gasteiger partial charge in [-0.3, -0.25) is 25.3 Å². The normalized spacial score (nSPS) is 21.5. The topological polar surface area (TPSA) is 131 Å². The summed E-state index contributed by atoms with van der Waals surface area (Å²) in [7, 11) is 1.42. The van der Waals surface area contributed by atoms with Crippen molar-refractivity contribution in [2.75, 3.05) is 92.2 Å². The van der Waals surface area contributed by atoms with Crippen LogP contribution in [0.15, 0.2) is 0 Å². The second kappa shape index (κ2) is 14.7. The van der Waals surface area contributed by atoms with E-state index in [2.05, 4.69) is 20.0 Å². The lowest BCUT2D eigenvalue weighted by Crippen LogP contribution is -2.53. The Balaban J connectivity index is 1.26. The molecule has 1 atom stereocenters. The molecule has 0 aromatic heterocycles. The first-order valence-electron chi connectivity index (χ1n) is 14.1. The molecule has 13 nitrogen and oxygen atoms in total. The Hall–Kier alpha value is -2.64. The van der Waals surface area contributed by atoms with Crippen molar-refractivity contribution in [3.05, 3.63) is 0 Å². The van der Waals surface area contributed by atoms with E-state index < -0.39 is 11.7 Å². The molecule has 0 bridgehead atoms. The van der Waals surface area contributed by atoms with Crippen molar-refractivity contribution < 1.29 is 28.6 Å². The number of amides is 2. The Morgan fingerprint density at radius 1 is 0.949 bits per heavy atom. The fraction of sp³-hybridized carbons (Fsp3) is 0.846. The van der Waals surface area contributed by atoms with Crippen LogP contribution in [-0.2, 0) is 19.0 Å². The van der Waals surface area contributed by atoms with Crippen LogP contribution in [0.3, 0.4) is 0 Å². The molecule has 2 amide bonds. The van der Waals surface area contributed by atoms with Crippen LogP contribution in [0.2, 0.25) is 0 Å². The number of carbonyl (C=O) groups excluding carboxylic acids is 3. The van der Waals surface area contributed by atoms with Gasteiger partial charge in [-0.25, -0.2) is 9.59 Å². The molecule has 0 spiro atoms. The Morgan fingerprint density at radius 3 is 2.15 bits per heavy atom. The number of rotatable bonds is 10. The average molecular weight is 554 g/mol. The first-order valence-corrected chi connectivity index (χ1v) is 14.1. The van der Waals surface area contributed by atoms with Gasteiger partial charge >= 0.3 is 18.2 Å². The Bertz CT molecular complexity index is 835. The highest BCUT2D eigenvalue weighted by atomic mass is 16.6. The van der Waals surface area contributed by atoms with Gasteiger partial charge in [0.1, 0.15) is 11.7 Å². The van der Waals surface area contributed by atoms with Gasteiger partial charge in [0, 0.05) is 71.9 Å². The number of ether oxygens (including phenoxy) is 3. The predicted octanol–water partition coefficient (Wildman–Crippen LogP) is 0.845. The first-order chi connectivity index (χ1) is 18.5. The zero-order valence-electron chi connectivity index (χ0n) is 24.1. The van der Waals surface area contributed by atoms with Crippen LogP contribution in [0.4, 0.5) is 9.59 Å². The van der Waals surface area contributed by atoms with Crippen LogP contribution in [-0.4, -0.2) is 153 Å². The number of piperazine rings is 2. The number of hydrogen-bond acceptors (Lipinski definition) is 10. The molecule has 0 saturated carbocycles. The van der Waals surface area contributed by atoms with Gasteiger partial charge < -0.3 is 28.9 Å². The molecule has 3 saturated heterocycles. The van der Waals surface area contributed by atoms with Crippen molar-refractivity contribution in [3.63, 3.8) is 0 Å². The minimum Gasteiger partial charge on any atom is -0.469 e. The molecule has 0 aromatic rings. The average Bonchev–Trinajstić information content (AvgIpc) is 3.22. The quantitative estimate of drug-likeness (QED) is 0.174. The second-order valence-electron chi connectivity index (χ2n) is 11.4. The van der Waals surface area contributed by atoms with Gasteiger partial charge in [-0.1, -0.05) is 0 Å². The number of cyclic esters (lactones) is 1. The van der Waals surface area contributed by atoms with Crippen molar-refractivity contribution in [1.29, 1.82) is 5.41 Å². The van der Waals surface area contributed by atoms with Gasteiger partial charge in [0.25, 0.3) is 0 Å². The molecule has 2 N–H and O–H groups in total. The maximum absolute atomic E-state index is 12.4. The summed E-state index contributed by atoms with van der Waals surface area (Å²) in [6.07, 6.45) is 1.19. The van der Waals surface area contributed by atoms with E-state index in [0.717, 1.165) is 71.7 Å². The second-order valence-corrected chi connectivity index (χ2v) is 11.4. The summed E-state index contributed by atoms with van der Waals surface area (Å²) < 4.78 is 15.6. The summed E-state index contributed by atoms with van der Waals surface area (Å²) >= 11 is 0. The summed E-state index contributed by atoms with van der Waals surface area (Å²) in [5.74, 6) is -0.0929. The lowest BCUT2D eigenvalue weighted by Gasteiger charge is -2.36. The summed E-state index contributed by atoms with van der Waals surface area (Å²) in [4.78, 5) is 46.3. The molecule has 0 aliphatic carbocycles. The number of guanidine groups is 1. The van der Waals surface area contributed by atoms with Gasteiger partial charge in [-0.15, -0.1) is 0 Å². The third-order valence-corrected chi connectivity index (χ3v) is 7.17. The molecule has 39 heavy (non-hydrogen) atoms. The fourth-order valence-electron chi connectivity index (χ4n) is 5.04. The number of esters is 1. The first kappa shape index (κ1) is 30.9. The molecule has 3 rings (SSSR count). The molecular weight excluding hydrogens is 506 g/mol. The van der Waals surface area contributed by atoms with Gasteiger partial charge in [0.15, 0.2) is 0 Å². The van der Waals surface area contributed by atoms with E-state index in [1.165, 1.54) is 7.11 Å². The van der Waals surface area contributed by atoms with Crippen LogP contribution in [0, 0.1) is 5.41 Å². The van der Waals surface area contributed by atoms with Gasteiger partial charge in [0.05, 0.1) is 13.7 Å². The Labute approximate surface area is 232 Å². The third kappa shape index (κ3) is 10.8. The highest BCUT2D eigenvalue weighted by Gasteiger charge is 2.33. The van der Waals surface area contributed by atoms with Crippen molar-refractivity contribution in [1.82, 2.24) is 29.8 Å². The van der Waals surface area contributed by atoms with Crippen molar-refractivity contribution >= 4 is 24.1 Å². The van der Waals surface area contributed by atoms with Crippen LogP contribution in [0.25, 0.3) is 0 Å². The molecule has 222 valence electrons. The van der Waals surface area contributed by atoms with E-state index in [1.54, 1.807) is 20.8 Å². The zero-order valence-corrected chi connectivity index (χ0v) is 24.1. The number of nitrogens with one attached hydrogen (secondary N) is 2. The Morgan fingerprint density at radius 2 is 1.54 bits per heavy atom. The van der Waals surface area contributed by atoms with Gasteiger partial charge in [-0.05, 0) is 46.7 Å². The van der Waals surface area contributed by atoms with E-state index in [4.69, 9.17) is 19.6 Å². The standard InChI is InChI=1S/C26H47N7O6/c1-26(2,3)39-24(35)28-23(27)32-17-15-30(16-18-32)9-6-10-33-20-21(38-25(33)36)19-31-13-11-29(12-14-31)8-5-7-22(34)37-4/h21H,5-20H2,1-4H3,(H2,27,28,35). The summed E-state index contributed by atoms with van der Waals surface area (Å²) in [5.41, 5.74) is -0.602. The Kier molecular flexibility index (Phi) is 11.6. The van der Waals surface area contributed by atoms with Crippen molar-refractivity contribution in [3.8, 4) is 0 Å². The number of carbonyl (C=O) groups is 3. The molecule has 3 fully saturated rings. The van der Waals surface area contributed by atoms with E-state index in [0.29, 0.717) is 32.6 Å². The smallest absolute Gasteiger partial charge is 0.414 e. The molecule has 0 radical (unpaired) electrons. The molecule has 0 aromatic carbocycles. The maximum atomic E-state index is 12.4. The highest BCUT2D eigenvalue weighted by Crippen LogP contribution is 2.15.